The largest absolute Gasteiger partial charge is 0.389 e. The summed E-state index contributed by atoms with van der Waals surface area (Å²) in [5.74, 6) is 0.905. The lowest BCUT2D eigenvalue weighted by molar-refractivity contribution is 0.0276. The molecule has 0 heterocycles. The Morgan fingerprint density at radius 1 is 1.19 bits per heavy atom. The second-order valence-electron chi connectivity index (χ2n) is 5.45. The Bertz CT molecular complexity index is 189. The zero-order valence-corrected chi connectivity index (χ0v) is 11.3. The van der Waals surface area contributed by atoms with Crippen LogP contribution in [0.3, 0.4) is 0 Å². The van der Waals surface area contributed by atoms with Crippen molar-refractivity contribution in [3.63, 3.8) is 0 Å². The molecule has 1 saturated carbocycles. The SMILES string of the molecule is CCC1CCCC(NCC(O)(CC)CC)C1. The third-order valence-corrected chi connectivity index (χ3v) is 4.40. The van der Waals surface area contributed by atoms with Crippen LogP contribution in [-0.4, -0.2) is 23.3 Å². The third-order valence-electron chi connectivity index (χ3n) is 4.40. The molecule has 0 aromatic rings. The van der Waals surface area contributed by atoms with Crippen LogP contribution in [0.2, 0.25) is 0 Å². The normalized spacial score (nSPS) is 27.0. The maximum absolute atomic E-state index is 10.2. The van der Waals surface area contributed by atoms with Gasteiger partial charge in [0, 0.05) is 12.6 Å². The molecule has 1 aliphatic rings. The molecule has 0 aromatic heterocycles. The van der Waals surface area contributed by atoms with Gasteiger partial charge < -0.3 is 10.4 Å². The fourth-order valence-corrected chi connectivity index (χ4v) is 2.68. The van der Waals surface area contributed by atoms with Gasteiger partial charge in [0.05, 0.1) is 5.60 Å². The van der Waals surface area contributed by atoms with E-state index < -0.39 is 5.60 Å². The Morgan fingerprint density at radius 3 is 2.44 bits per heavy atom. The van der Waals surface area contributed by atoms with E-state index in [9.17, 15) is 5.11 Å². The fraction of sp³-hybridized carbons (Fsp3) is 1.00. The zero-order valence-electron chi connectivity index (χ0n) is 11.3. The molecule has 1 rings (SSSR count). The van der Waals surface area contributed by atoms with Crippen molar-refractivity contribution in [3.8, 4) is 0 Å². The lowest BCUT2D eigenvalue weighted by Gasteiger charge is -2.33. The molecule has 0 spiro atoms. The van der Waals surface area contributed by atoms with Crippen molar-refractivity contribution in [1.82, 2.24) is 5.32 Å². The van der Waals surface area contributed by atoms with Gasteiger partial charge >= 0.3 is 0 Å². The van der Waals surface area contributed by atoms with E-state index in [1.165, 1.54) is 32.1 Å². The van der Waals surface area contributed by atoms with E-state index in [-0.39, 0.29) is 0 Å². The van der Waals surface area contributed by atoms with Crippen LogP contribution in [0.5, 0.6) is 0 Å². The molecule has 2 atom stereocenters. The van der Waals surface area contributed by atoms with Crippen molar-refractivity contribution in [2.45, 2.75) is 77.4 Å². The van der Waals surface area contributed by atoms with Gasteiger partial charge in [0.1, 0.15) is 0 Å². The van der Waals surface area contributed by atoms with Crippen LogP contribution in [0.25, 0.3) is 0 Å². The predicted molar refractivity (Wildman–Crippen MR) is 69.6 cm³/mol. The lowest BCUT2D eigenvalue weighted by Crippen LogP contribution is -2.45. The molecule has 0 aliphatic heterocycles. The molecular weight excluding hydrogens is 198 g/mol. The summed E-state index contributed by atoms with van der Waals surface area (Å²) >= 11 is 0. The molecule has 1 aliphatic carbocycles. The van der Waals surface area contributed by atoms with Crippen molar-refractivity contribution in [3.05, 3.63) is 0 Å². The molecule has 2 unspecified atom stereocenters. The molecule has 1 fully saturated rings. The lowest BCUT2D eigenvalue weighted by atomic mass is 9.84. The first-order valence-corrected chi connectivity index (χ1v) is 7.09. The predicted octanol–water partition coefficient (Wildman–Crippen LogP) is 3.10. The molecule has 0 amide bonds. The second kappa shape index (κ2) is 6.61. The summed E-state index contributed by atoms with van der Waals surface area (Å²) in [5, 5.41) is 13.8. The van der Waals surface area contributed by atoms with E-state index in [1.54, 1.807) is 0 Å². The monoisotopic (exact) mass is 227 g/mol. The molecule has 0 radical (unpaired) electrons. The van der Waals surface area contributed by atoms with Gasteiger partial charge in [-0.15, -0.1) is 0 Å². The molecule has 2 N–H and O–H groups in total. The van der Waals surface area contributed by atoms with Gasteiger partial charge in [-0.1, -0.05) is 40.0 Å². The van der Waals surface area contributed by atoms with Crippen LogP contribution in [0.15, 0.2) is 0 Å². The molecule has 0 bridgehead atoms. The minimum Gasteiger partial charge on any atom is -0.389 e. The quantitative estimate of drug-likeness (QED) is 0.731. The highest BCUT2D eigenvalue weighted by Gasteiger charge is 2.25. The minimum atomic E-state index is -0.487. The highest BCUT2D eigenvalue weighted by atomic mass is 16.3. The summed E-state index contributed by atoms with van der Waals surface area (Å²) in [4.78, 5) is 0. The van der Waals surface area contributed by atoms with Gasteiger partial charge in [-0.3, -0.25) is 0 Å². The zero-order chi connectivity index (χ0) is 12.0. The van der Waals surface area contributed by atoms with Gasteiger partial charge in [0.15, 0.2) is 0 Å². The molecule has 0 aromatic carbocycles. The molecular formula is C14H29NO. The van der Waals surface area contributed by atoms with E-state index in [2.05, 4.69) is 26.1 Å². The number of hydrogen-bond acceptors (Lipinski definition) is 2. The molecule has 2 nitrogen and oxygen atoms in total. The summed E-state index contributed by atoms with van der Waals surface area (Å²) < 4.78 is 0. The van der Waals surface area contributed by atoms with Crippen molar-refractivity contribution in [1.29, 1.82) is 0 Å². The number of hydrogen-bond donors (Lipinski definition) is 2. The molecule has 96 valence electrons. The summed E-state index contributed by atoms with van der Waals surface area (Å²) in [7, 11) is 0. The summed E-state index contributed by atoms with van der Waals surface area (Å²) in [5.41, 5.74) is -0.487. The Labute approximate surface area is 101 Å². The van der Waals surface area contributed by atoms with Crippen LogP contribution >= 0.6 is 0 Å². The first-order chi connectivity index (χ1) is 7.63. The van der Waals surface area contributed by atoms with Crippen molar-refractivity contribution in [2.75, 3.05) is 6.54 Å². The smallest absolute Gasteiger partial charge is 0.0766 e. The average molecular weight is 227 g/mol. The van der Waals surface area contributed by atoms with E-state index >= 15 is 0 Å². The summed E-state index contributed by atoms with van der Waals surface area (Å²) in [6.45, 7) is 7.20. The first-order valence-electron chi connectivity index (χ1n) is 7.09. The number of aliphatic hydroxyl groups is 1. The maximum Gasteiger partial charge on any atom is 0.0766 e. The Morgan fingerprint density at radius 2 is 1.88 bits per heavy atom. The summed E-state index contributed by atoms with van der Waals surface area (Å²) in [6.07, 6.45) is 8.36. The van der Waals surface area contributed by atoms with Gasteiger partial charge in [-0.25, -0.2) is 0 Å². The van der Waals surface area contributed by atoms with Crippen LogP contribution in [-0.2, 0) is 0 Å². The molecule has 2 heteroatoms. The second-order valence-corrected chi connectivity index (χ2v) is 5.45. The third kappa shape index (κ3) is 4.06. The van der Waals surface area contributed by atoms with E-state index in [1.807, 2.05) is 0 Å². The Kier molecular flexibility index (Phi) is 5.77. The summed E-state index contributed by atoms with van der Waals surface area (Å²) in [6, 6.07) is 0.642. The van der Waals surface area contributed by atoms with E-state index in [4.69, 9.17) is 0 Å². The van der Waals surface area contributed by atoms with Crippen molar-refractivity contribution in [2.24, 2.45) is 5.92 Å². The van der Waals surface area contributed by atoms with Crippen molar-refractivity contribution < 1.29 is 5.11 Å². The number of rotatable bonds is 6. The fourth-order valence-electron chi connectivity index (χ4n) is 2.68. The van der Waals surface area contributed by atoms with Crippen LogP contribution in [0.1, 0.15) is 65.7 Å². The maximum atomic E-state index is 10.2. The minimum absolute atomic E-state index is 0.487. The molecule has 0 saturated heterocycles. The van der Waals surface area contributed by atoms with Gasteiger partial charge in [-0.2, -0.15) is 0 Å². The highest BCUT2D eigenvalue weighted by molar-refractivity contribution is 4.83. The van der Waals surface area contributed by atoms with Gasteiger partial charge in [0.2, 0.25) is 0 Å². The van der Waals surface area contributed by atoms with Crippen molar-refractivity contribution >= 4 is 0 Å². The number of nitrogens with one attached hydrogen (secondary N) is 1. The average Bonchev–Trinajstić information content (AvgIpc) is 2.36. The standard InChI is InChI=1S/C14H29NO/c1-4-12-8-7-9-13(10-12)15-11-14(16,5-2)6-3/h12-13,15-16H,4-11H2,1-3H3. The van der Waals surface area contributed by atoms with Crippen LogP contribution < -0.4 is 5.32 Å². The van der Waals surface area contributed by atoms with E-state index in [0.717, 1.165) is 25.3 Å². The molecule has 16 heavy (non-hydrogen) atoms. The topological polar surface area (TPSA) is 32.3 Å². The Hall–Kier alpha value is -0.0800. The first kappa shape index (κ1) is 14.0. The van der Waals surface area contributed by atoms with Crippen LogP contribution in [0, 0.1) is 5.92 Å². The highest BCUT2D eigenvalue weighted by Crippen LogP contribution is 2.27. The van der Waals surface area contributed by atoms with Crippen LogP contribution in [0.4, 0.5) is 0 Å². The Balaban J connectivity index is 2.31. The van der Waals surface area contributed by atoms with Gasteiger partial charge in [-0.05, 0) is 31.6 Å². The van der Waals surface area contributed by atoms with E-state index in [0.29, 0.717) is 6.04 Å². The van der Waals surface area contributed by atoms with Gasteiger partial charge in [0.25, 0.3) is 0 Å².